The zero-order valence-electron chi connectivity index (χ0n) is 5.63. The zero-order chi connectivity index (χ0) is 7.40. The van der Waals surface area contributed by atoms with Crippen molar-refractivity contribution in [3.05, 3.63) is 18.2 Å². The number of hydrogen-bond donors (Lipinski definition) is 0. The van der Waals surface area contributed by atoms with Crippen LogP contribution < -0.4 is 0 Å². The summed E-state index contributed by atoms with van der Waals surface area (Å²) in [5, 5.41) is 0.707. The van der Waals surface area contributed by atoms with Crippen LogP contribution in [0.15, 0.2) is 12.5 Å². The fourth-order valence-electron chi connectivity index (χ4n) is 0.602. The van der Waals surface area contributed by atoms with E-state index in [-0.39, 0.29) is 0 Å². The third kappa shape index (κ3) is 1.61. The monoisotopic (exact) mass is 198 g/mol. The van der Waals surface area contributed by atoms with Crippen LogP contribution in [0.1, 0.15) is 5.69 Å². The highest BCUT2D eigenvalue weighted by molar-refractivity contribution is 9.09. The molecule has 0 aliphatic heterocycles. The first-order chi connectivity index (χ1) is 4.84. The van der Waals surface area contributed by atoms with Crippen molar-refractivity contribution in [2.24, 2.45) is 7.05 Å². The van der Waals surface area contributed by atoms with Crippen LogP contribution in [0.3, 0.4) is 0 Å². The Balaban J connectivity index is 2.84. The van der Waals surface area contributed by atoms with Crippen molar-refractivity contribution in [3.63, 3.8) is 0 Å². The molecule has 0 radical (unpaired) electrons. The van der Waals surface area contributed by atoms with Crippen LogP contribution in [0, 0.1) is 11.8 Å². The Morgan fingerprint density at radius 2 is 2.60 bits per heavy atom. The molecule has 0 fully saturated rings. The highest BCUT2D eigenvalue weighted by Gasteiger charge is 1.89. The summed E-state index contributed by atoms with van der Waals surface area (Å²) in [6.07, 6.45) is 3.48. The Labute approximate surface area is 68.4 Å². The number of nitrogens with zero attached hydrogens (tertiary/aromatic N) is 2. The van der Waals surface area contributed by atoms with E-state index >= 15 is 0 Å². The maximum absolute atomic E-state index is 3.92. The Kier molecular flexibility index (Phi) is 2.52. The third-order valence-electron chi connectivity index (χ3n) is 1.10. The van der Waals surface area contributed by atoms with Gasteiger partial charge >= 0.3 is 0 Å². The average molecular weight is 199 g/mol. The lowest BCUT2D eigenvalue weighted by Gasteiger charge is -1.87. The molecular weight excluding hydrogens is 192 g/mol. The molecular formula is C7H7BrN2. The van der Waals surface area contributed by atoms with Gasteiger partial charge in [-0.05, 0) is 5.92 Å². The van der Waals surface area contributed by atoms with Crippen molar-refractivity contribution in [2.75, 3.05) is 5.33 Å². The summed E-state index contributed by atoms with van der Waals surface area (Å²) in [5.74, 6) is 5.84. The van der Waals surface area contributed by atoms with E-state index in [0.717, 1.165) is 5.69 Å². The van der Waals surface area contributed by atoms with E-state index in [1.165, 1.54) is 0 Å². The van der Waals surface area contributed by atoms with Crippen molar-refractivity contribution >= 4 is 15.9 Å². The van der Waals surface area contributed by atoms with Crippen LogP contribution in [-0.4, -0.2) is 14.9 Å². The van der Waals surface area contributed by atoms with E-state index in [1.807, 2.05) is 11.6 Å². The van der Waals surface area contributed by atoms with Gasteiger partial charge in [-0.2, -0.15) is 0 Å². The molecule has 0 amide bonds. The van der Waals surface area contributed by atoms with Crippen LogP contribution in [-0.2, 0) is 7.05 Å². The first-order valence-corrected chi connectivity index (χ1v) is 3.98. The Bertz CT molecular complexity index is 267. The summed E-state index contributed by atoms with van der Waals surface area (Å²) in [6, 6.07) is 0. The highest BCUT2D eigenvalue weighted by Crippen LogP contribution is 1.91. The second kappa shape index (κ2) is 3.43. The minimum Gasteiger partial charge on any atom is -0.327 e. The van der Waals surface area contributed by atoms with Crippen molar-refractivity contribution < 1.29 is 0 Å². The molecule has 1 rings (SSSR count). The molecule has 1 heterocycles. The number of imidazole rings is 1. The Morgan fingerprint density at radius 1 is 1.80 bits per heavy atom. The van der Waals surface area contributed by atoms with Crippen molar-refractivity contribution in [1.82, 2.24) is 9.55 Å². The molecule has 0 atom stereocenters. The van der Waals surface area contributed by atoms with Gasteiger partial charge in [0, 0.05) is 7.05 Å². The number of hydrogen-bond acceptors (Lipinski definition) is 1. The predicted octanol–water partition coefficient (Wildman–Crippen LogP) is 1.17. The largest absolute Gasteiger partial charge is 0.327 e. The van der Waals surface area contributed by atoms with Crippen LogP contribution >= 0.6 is 15.9 Å². The van der Waals surface area contributed by atoms with Gasteiger partial charge in [-0.15, -0.1) is 0 Å². The predicted molar refractivity (Wildman–Crippen MR) is 43.9 cm³/mol. The molecule has 1 aromatic rings. The highest BCUT2D eigenvalue weighted by atomic mass is 79.9. The van der Waals surface area contributed by atoms with Crippen molar-refractivity contribution in [2.45, 2.75) is 0 Å². The fraction of sp³-hybridized carbons (Fsp3) is 0.286. The fourth-order valence-corrected chi connectivity index (χ4v) is 0.742. The van der Waals surface area contributed by atoms with E-state index in [2.05, 4.69) is 32.8 Å². The van der Waals surface area contributed by atoms with Crippen LogP contribution in [0.25, 0.3) is 0 Å². The minimum atomic E-state index is 0.707. The molecule has 52 valence electrons. The SMILES string of the molecule is Cn1cncc1C#CCBr. The van der Waals surface area contributed by atoms with Gasteiger partial charge < -0.3 is 4.57 Å². The van der Waals surface area contributed by atoms with E-state index in [9.17, 15) is 0 Å². The number of halogens is 1. The Morgan fingerprint density at radius 3 is 3.10 bits per heavy atom. The molecule has 10 heavy (non-hydrogen) atoms. The van der Waals surface area contributed by atoms with Crippen molar-refractivity contribution in [1.29, 1.82) is 0 Å². The quantitative estimate of drug-likeness (QED) is 0.453. The van der Waals surface area contributed by atoms with Gasteiger partial charge in [0.25, 0.3) is 0 Å². The average Bonchev–Trinajstić information content (AvgIpc) is 2.31. The number of aryl methyl sites for hydroxylation is 1. The summed E-state index contributed by atoms with van der Waals surface area (Å²) < 4.78 is 1.88. The lowest BCUT2D eigenvalue weighted by molar-refractivity contribution is 0.899. The standard InChI is InChI=1S/C7H7BrN2/c1-10-6-9-5-7(10)3-2-4-8/h5-6H,4H2,1H3. The molecule has 0 N–H and O–H groups in total. The topological polar surface area (TPSA) is 17.8 Å². The summed E-state index contributed by atoms with van der Waals surface area (Å²) in [5.41, 5.74) is 0.944. The third-order valence-corrected chi connectivity index (χ3v) is 1.38. The van der Waals surface area contributed by atoms with Gasteiger partial charge in [-0.25, -0.2) is 4.98 Å². The lowest BCUT2D eigenvalue weighted by atomic mass is 10.5. The van der Waals surface area contributed by atoms with Crippen LogP contribution in [0.2, 0.25) is 0 Å². The summed E-state index contributed by atoms with van der Waals surface area (Å²) >= 11 is 3.22. The normalized spacial score (nSPS) is 8.60. The molecule has 0 bridgehead atoms. The molecule has 0 aliphatic carbocycles. The maximum atomic E-state index is 3.92. The second-order valence-corrected chi connectivity index (χ2v) is 2.39. The van der Waals surface area contributed by atoms with Crippen molar-refractivity contribution in [3.8, 4) is 11.8 Å². The van der Waals surface area contributed by atoms with Gasteiger partial charge in [0.2, 0.25) is 0 Å². The Hall–Kier alpha value is -0.750. The van der Waals surface area contributed by atoms with Gasteiger partial charge in [0.05, 0.1) is 17.9 Å². The minimum absolute atomic E-state index is 0.707. The molecule has 0 unspecified atom stereocenters. The van der Waals surface area contributed by atoms with Gasteiger partial charge in [-0.1, -0.05) is 21.9 Å². The molecule has 3 heteroatoms. The van der Waals surface area contributed by atoms with E-state index < -0.39 is 0 Å². The molecule has 0 saturated carbocycles. The number of aromatic nitrogens is 2. The van der Waals surface area contributed by atoms with E-state index in [1.54, 1.807) is 12.5 Å². The van der Waals surface area contributed by atoms with Gasteiger partial charge in [0.15, 0.2) is 0 Å². The summed E-state index contributed by atoms with van der Waals surface area (Å²) in [7, 11) is 1.92. The summed E-state index contributed by atoms with van der Waals surface area (Å²) in [4.78, 5) is 3.92. The van der Waals surface area contributed by atoms with E-state index in [4.69, 9.17) is 0 Å². The summed E-state index contributed by atoms with van der Waals surface area (Å²) in [6.45, 7) is 0. The molecule has 1 aromatic heterocycles. The molecule has 0 aliphatic rings. The van der Waals surface area contributed by atoms with Gasteiger partial charge in [-0.3, -0.25) is 0 Å². The van der Waals surface area contributed by atoms with Crippen LogP contribution in [0.4, 0.5) is 0 Å². The number of alkyl halides is 1. The molecule has 0 spiro atoms. The molecule has 2 nitrogen and oxygen atoms in total. The first kappa shape index (κ1) is 7.36. The lowest BCUT2D eigenvalue weighted by Crippen LogP contribution is -1.87. The molecule has 0 aromatic carbocycles. The zero-order valence-corrected chi connectivity index (χ0v) is 7.22. The maximum Gasteiger partial charge on any atom is 0.111 e. The van der Waals surface area contributed by atoms with E-state index in [0.29, 0.717) is 5.33 Å². The molecule has 0 saturated heterocycles. The first-order valence-electron chi connectivity index (χ1n) is 2.85. The van der Waals surface area contributed by atoms with Gasteiger partial charge in [0.1, 0.15) is 5.69 Å². The number of rotatable bonds is 0. The van der Waals surface area contributed by atoms with Crippen LogP contribution in [0.5, 0.6) is 0 Å². The smallest absolute Gasteiger partial charge is 0.111 e. The second-order valence-electron chi connectivity index (χ2n) is 1.83.